The van der Waals surface area contributed by atoms with Crippen LogP contribution in [0.3, 0.4) is 0 Å². The second kappa shape index (κ2) is 7.67. The van der Waals surface area contributed by atoms with Crippen LogP contribution in [0, 0.1) is 0 Å². The molecule has 1 amide bonds. The van der Waals surface area contributed by atoms with Gasteiger partial charge in [-0.2, -0.15) is 5.10 Å². The van der Waals surface area contributed by atoms with Crippen molar-refractivity contribution in [3.8, 4) is 0 Å². The first-order chi connectivity index (χ1) is 13.3. The molecule has 1 N–H and O–H groups in total. The summed E-state index contributed by atoms with van der Waals surface area (Å²) < 4.78 is 27.6. The van der Waals surface area contributed by atoms with Gasteiger partial charge in [-0.05, 0) is 24.6 Å². The smallest absolute Gasteiger partial charge is 0.272 e. The van der Waals surface area contributed by atoms with Crippen LogP contribution in [0.2, 0.25) is 5.02 Å². The number of rotatable bonds is 5. The topological polar surface area (TPSA) is 64.0 Å². The standard InChI is InChI=1S/C20H18ClF2N3O2/c1-12(27)20(13-6-8-14(21)9-7-13)10-4-3-5-16(20)24-19(28)17-15(18(22)23)11-26(2)25-17/h3-11,16,18H,1-2H3,(H,24,28). The van der Waals surface area contributed by atoms with Crippen molar-refractivity contribution in [2.45, 2.75) is 24.8 Å². The van der Waals surface area contributed by atoms with Crippen LogP contribution in [-0.2, 0) is 17.3 Å². The van der Waals surface area contributed by atoms with Crippen LogP contribution >= 0.6 is 11.6 Å². The molecule has 1 aliphatic rings. The minimum atomic E-state index is -2.84. The molecule has 2 unspecified atom stereocenters. The Morgan fingerprint density at radius 1 is 1.25 bits per heavy atom. The fourth-order valence-corrected chi connectivity index (χ4v) is 3.52. The highest BCUT2D eigenvalue weighted by Gasteiger charge is 2.44. The largest absolute Gasteiger partial charge is 0.343 e. The van der Waals surface area contributed by atoms with Gasteiger partial charge < -0.3 is 5.32 Å². The minimum absolute atomic E-state index is 0.212. The Balaban J connectivity index is 2.00. The van der Waals surface area contributed by atoms with E-state index in [0.717, 1.165) is 10.9 Å². The molecule has 1 aliphatic carbocycles. The Hall–Kier alpha value is -2.80. The van der Waals surface area contributed by atoms with Crippen LogP contribution in [-0.4, -0.2) is 27.5 Å². The number of carbonyl (C=O) groups is 2. The zero-order valence-corrected chi connectivity index (χ0v) is 16.0. The van der Waals surface area contributed by atoms with Gasteiger partial charge in [-0.15, -0.1) is 0 Å². The summed E-state index contributed by atoms with van der Waals surface area (Å²) in [5.41, 5.74) is -1.39. The second-order valence-corrected chi connectivity index (χ2v) is 6.97. The highest BCUT2D eigenvalue weighted by atomic mass is 35.5. The third kappa shape index (κ3) is 3.49. The molecule has 8 heteroatoms. The molecule has 0 aliphatic heterocycles. The number of alkyl halides is 2. The zero-order chi connectivity index (χ0) is 20.5. The molecule has 0 saturated heterocycles. The van der Waals surface area contributed by atoms with E-state index in [9.17, 15) is 18.4 Å². The van der Waals surface area contributed by atoms with Crippen LogP contribution in [0.25, 0.3) is 0 Å². The Labute approximate surface area is 165 Å². The fraction of sp³-hybridized carbons (Fsp3) is 0.250. The van der Waals surface area contributed by atoms with Crippen molar-refractivity contribution < 1.29 is 18.4 Å². The van der Waals surface area contributed by atoms with E-state index in [2.05, 4.69) is 10.4 Å². The Morgan fingerprint density at radius 3 is 2.54 bits per heavy atom. The molecule has 0 radical (unpaired) electrons. The summed E-state index contributed by atoms with van der Waals surface area (Å²) in [5.74, 6) is -0.990. The number of benzene rings is 1. The van der Waals surface area contributed by atoms with E-state index in [1.807, 2.05) is 0 Å². The molecule has 28 heavy (non-hydrogen) atoms. The van der Waals surface area contributed by atoms with Crippen LogP contribution < -0.4 is 5.32 Å². The van der Waals surface area contributed by atoms with Crippen molar-refractivity contribution in [2.75, 3.05) is 0 Å². The molecule has 1 heterocycles. The summed E-state index contributed by atoms with van der Waals surface area (Å²) in [5, 5.41) is 7.05. The lowest BCUT2D eigenvalue weighted by atomic mass is 9.69. The van der Waals surface area contributed by atoms with Gasteiger partial charge >= 0.3 is 0 Å². The number of aryl methyl sites for hydroxylation is 1. The van der Waals surface area contributed by atoms with Crippen LogP contribution in [0.1, 0.15) is 35.0 Å². The Morgan fingerprint density at radius 2 is 1.93 bits per heavy atom. The van der Waals surface area contributed by atoms with Crippen molar-refractivity contribution in [2.24, 2.45) is 7.05 Å². The summed E-state index contributed by atoms with van der Waals surface area (Å²) in [7, 11) is 1.46. The van der Waals surface area contributed by atoms with Crippen molar-refractivity contribution >= 4 is 23.3 Å². The van der Waals surface area contributed by atoms with E-state index in [1.54, 1.807) is 48.6 Å². The SMILES string of the molecule is CC(=O)C1(c2ccc(Cl)cc2)C=CC=CC1NC(=O)c1nn(C)cc1C(F)F. The van der Waals surface area contributed by atoms with Gasteiger partial charge in [0.05, 0.1) is 17.0 Å². The average molecular weight is 406 g/mol. The Kier molecular flexibility index (Phi) is 5.47. The maximum absolute atomic E-state index is 13.2. The van der Waals surface area contributed by atoms with E-state index in [-0.39, 0.29) is 11.5 Å². The third-order valence-corrected chi connectivity index (χ3v) is 5.01. The molecule has 2 atom stereocenters. The first kappa shape index (κ1) is 19.9. The number of Topliss-reactive ketones (excluding diaryl/α,β-unsaturated/α-hetero) is 1. The Bertz CT molecular complexity index is 966. The molecule has 1 aromatic carbocycles. The molecule has 0 saturated carbocycles. The second-order valence-electron chi connectivity index (χ2n) is 6.53. The van der Waals surface area contributed by atoms with E-state index in [1.165, 1.54) is 14.0 Å². The lowest BCUT2D eigenvalue weighted by Gasteiger charge is -2.37. The number of nitrogens with zero attached hydrogens (tertiary/aromatic N) is 2. The number of aromatic nitrogens is 2. The number of ketones is 1. The monoisotopic (exact) mass is 405 g/mol. The van der Waals surface area contributed by atoms with Crippen molar-refractivity contribution in [1.29, 1.82) is 0 Å². The van der Waals surface area contributed by atoms with Gasteiger partial charge in [0.1, 0.15) is 5.78 Å². The van der Waals surface area contributed by atoms with Crippen LogP contribution in [0.4, 0.5) is 8.78 Å². The van der Waals surface area contributed by atoms with Crippen molar-refractivity contribution in [3.63, 3.8) is 0 Å². The zero-order valence-electron chi connectivity index (χ0n) is 15.2. The number of halogens is 3. The molecule has 2 aromatic rings. The summed E-state index contributed by atoms with van der Waals surface area (Å²) in [6.45, 7) is 1.42. The normalized spacial score (nSPS) is 21.1. The van der Waals surface area contributed by atoms with E-state index < -0.39 is 29.4 Å². The highest BCUT2D eigenvalue weighted by molar-refractivity contribution is 6.30. The van der Waals surface area contributed by atoms with Gasteiger partial charge in [0, 0.05) is 18.3 Å². The van der Waals surface area contributed by atoms with Gasteiger partial charge in [-0.25, -0.2) is 8.78 Å². The maximum Gasteiger partial charge on any atom is 0.272 e. The quantitative estimate of drug-likeness (QED) is 0.823. The number of amides is 1. The van der Waals surface area contributed by atoms with Crippen molar-refractivity contribution in [1.82, 2.24) is 15.1 Å². The molecule has 1 aromatic heterocycles. The van der Waals surface area contributed by atoms with Crippen molar-refractivity contribution in [3.05, 3.63) is 76.6 Å². The van der Waals surface area contributed by atoms with Gasteiger partial charge in [-0.1, -0.05) is 48.0 Å². The molecule has 0 fully saturated rings. The minimum Gasteiger partial charge on any atom is -0.343 e. The molecule has 3 rings (SSSR count). The first-order valence-corrected chi connectivity index (χ1v) is 8.89. The number of hydrogen-bond donors (Lipinski definition) is 1. The molecular formula is C20H18ClF2N3O2. The maximum atomic E-state index is 13.2. The van der Waals surface area contributed by atoms with E-state index >= 15 is 0 Å². The number of allylic oxidation sites excluding steroid dienone is 2. The number of hydrogen-bond acceptors (Lipinski definition) is 3. The third-order valence-electron chi connectivity index (χ3n) is 4.76. The summed E-state index contributed by atoms with van der Waals surface area (Å²) >= 11 is 5.96. The molecule has 0 bridgehead atoms. The molecule has 0 spiro atoms. The van der Waals surface area contributed by atoms with E-state index in [0.29, 0.717) is 10.6 Å². The molecule has 146 valence electrons. The lowest BCUT2D eigenvalue weighted by molar-refractivity contribution is -0.121. The van der Waals surface area contributed by atoms with E-state index in [4.69, 9.17) is 11.6 Å². The average Bonchev–Trinajstić information content (AvgIpc) is 3.05. The summed E-state index contributed by atoms with van der Waals surface area (Å²) in [6, 6.07) is 5.94. The predicted molar refractivity (Wildman–Crippen MR) is 102 cm³/mol. The van der Waals surface area contributed by atoms with Gasteiger partial charge in [-0.3, -0.25) is 14.3 Å². The summed E-state index contributed by atoms with van der Waals surface area (Å²) in [4.78, 5) is 25.4. The number of carbonyl (C=O) groups excluding carboxylic acids is 2. The highest BCUT2D eigenvalue weighted by Crippen LogP contribution is 2.35. The lowest BCUT2D eigenvalue weighted by Crippen LogP contribution is -2.53. The van der Waals surface area contributed by atoms with Gasteiger partial charge in [0.15, 0.2) is 5.69 Å². The number of nitrogens with one attached hydrogen (secondary N) is 1. The fourth-order valence-electron chi connectivity index (χ4n) is 3.39. The van der Waals surface area contributed by atoms with Crippen LogP contribution in [0.5, 0.6) is 0 Å². The predicted octanol–water partition coefficient (Wildman–Crippen LogP) is 3.76. The molecular weight excluding hydrogens is 388 g/mol. The van der Waals surface area contributed by atoms with Gasteiger partial charge in [0.2, 0.25) is 0 Å². The summed E-state index contributed by atoms with van der Waals surface area (Å²) in [6.07, 6.45) is 5.01. The van der Waals surface area contributed by atoms with Gasteiger partial charge in [0.25, 0.3) is 12.3 Å². The molecule has 5 nitrogen and oxygen atoms in total. The van der Waals surface area contributed by atoms with Crippen LogP contribution in [0.15, 0.2) is 54.8 Å². The first-order valence-electron chi connectivity index (χ1n) is 8.51.